The summed E-state index contributed by atoms with van der Waals surface area (Å²) in [6.45, 7) is 4.81. The van der Waals surface area contributed by atoms with Gasteiger partial charge in [-0.2, -0.15) is 0 Å². The molecule has 0 unspecified atom stereocenters. The lowest BCUT2D eigenvalue weighted by molar-refractivity contribution is -0.145. The van der Waals surface area contributed by atoms with Crippen LogP contribution >= 0.6 is 0 Å². The summed E-state index contributed by atoms with van der Waals surface area (Å²) in [6.07, 6.45) is 1.84. The molecule has 2 amide bonds. The van der Waals surface area contributed by atoms with Gasteiger partial charge in [-0.1, -0.05) is 18.2 Å². The summed E-state index contributed by atoms with van der Waals surface area (Å²) in [5.74, 6) is -1.93. The first-order valence-corrected chi connectivity index (χ1v) is 7.38. The predicted octanol–water partition coefficient (Wildman–Crippen LogP) is 1.11. The molecule has 2 N–H and O–H groups in total. The fraction of sp³-hybridized carbons (Fsp3) is 0.353. The molecule has 0 radical (unpaired) electrons. The van der Waals surface area contributed by atoms with Crippen LogP contribution in [-0.2, 0) is 25.5 Å². The third-order valence-electron chi connectivity index (χ3n) is 3.25. The lowest BCUT2D eigenvalue weighted by Gasteiger charge is -2.21. The molecule has 0 bridgehead atoms. The molecule has 130 valence electrons. The molecule has 0 saturated heterocycles. The van der Waals surface area contributed by atoms with E-state index in [9.17, 15) is 18.8 Å². The minimum atomic E-state index is -0.898. The van der Waals surface area contributed by atoms with E-state index >= 15 is 0 Å². The minimum Gasteiger partial charge on any atom is -0.467 e. The second-order valence-corrected chi connectivity index (χ2v) is 5.19. The Labute approximate surface area is 140 Å². The number of nitrogens with one attached hydrogen (secondary N) is 2. The van der Waals surface area contributed by atoms with Gasteiger partial charge in [-0.25, -0.2) is 9.18 Å². The van der Waals surface area contributed by atoms with Crippen molar-refractivity contribution in [3.63, 3.8) is 0 Å². The number of esters is 1. The van der Waals surface area contributed by atoms with Crippen molar-refractivity contribution in [2.24, 2.45) is 0 Å². The van der Waals surface area contributed by atoms with Gasteiger partial charge in [-0.15, -0.1) is 6.58 Å². The molecule has 0 fully saturated rings. The van der Waals surface area contributed by atoms with Crippen LogP contribution in [0, 0.1) is 5.82 Å². The first-order valence-electron chi connectivity index (χ1n) is 7.38. The molecule has 7 heteroatoms. The van der Waals surface area contributed by atoms with Crippen molar-refractivity contribution in [2.45, 2.75) is 31.8 Å². The summed E-state index contributed by atoms with van der Waals surface area (Å²) in [5, 5.41) is 5.06. The van der Waals surface area contributed by atoms with Crippen LogP contribution in [0.3, 0.4) is 0 Å². The zero-order chi connectivity index (χ0) is 18.1. The number of hydrogen-bond donors (Lipinski definition) is 2. The molecule has 1 aromatic rings. The molecule has 24 heavy (non-hydrogen) atoms. The quantitative estimate of drug-likeness (QED) is 0.550. The van der Waals surface area contributed by atoms with E-state index in [1.165, 1.54) is 44.4 Å². The van der Waals surface area contributed by atoms with Gasteiger partial charge in [0, 0.05) is 13.3 Å². The van der Waals surface area contributed by atoms with E-state index in [0.717, 1.165) is 0 Å². The first kappa shape index (κ1) is 19.3. The first-order chi connectivity index (χ1) is 11.4. The van der Waals surface area contributed by atoms with Crippen molar-refractivity contribution in [3.8, 4) is 0 Å². The van der Waals surface area contributed by atoms with Crippen LogP contribution in [0.15, 0.2) is 36.9 Å². The highest BCUT2D eigenvalue weighted by Crippen LogP contribution is 2.07. The molecule has 0 saturated carbocycles. The maximum Gasteiger partial charge on any atom is 0.328 e. The van der Waals surface area contributed by atoms with Crippen LogP contribution in [0.25, 0.3) is 0 Å². The van der Waals surface area contributed by atoms with Crippen molar-refractivity contribution in [2.75, 3.05) is 7.11 Å². The maximum atomic E-state index is 13.0. The molecule has 0 aliphatic rings. The van der Waals surface area contributed by atoms with E-state index < -0.39 is 35.7 Å². The fourth-order valence-corrected chi connectivity index (χ4v) is 2.11. The van der Waals surface area contributed by atoms with Gasteiger partial charge in [0.05, 0.1) is 7.11 Å². The normalized spacial score (nSPS) is 12.6. The Hall–Kier alpha value is -2.70. The number of benzene rings is 1. The summed E-state index contributed by atoms with van der Waals surface area (Å²) < 4.78 is 17.6. The molecule has 1 rings (SSSR count). The molecule has 0 heterocycles. The molecule has 1 aromatic carbocycles. The second kappa shape index (κ2) is 9.44. The Bertz CT molecular complexity index is 601. The van der Waals surface area contributed by atoms with E-state index in [0.29, 0.717) is 5.56 Å². The number of hydrogen-bond acceptors (Lipinski definition) is 4. The van der Waals surface area contributed by atoms with E-state index in [4.69, 9.17) is 0 Å². The topological polar surface area (TPSA) is 84.5 Å². The van der Waals surface area contributed by atoms with Gasteiger partial charge in [0.1, 0.15) is 17.9 Å². The average molecular weight is 336 g/mol. The average Bonchev–Trinajstić information content (AvgIpc) is 2.54. The maximum absolute atomic E-state index is 13.0. The van der Waals surface area contributed by atoms with E-state index in [2.05, 4.69) is 21.9 Å². The van der Waals surface area contributed by atoms with Crippen LogP contribution in [0.5, 0.6) is 0 Å². The lowest BCUT2D eigenvalue weighted by atomic mass is 10.0. The highest BCUT2D eigenvalue weighted by Gasteiger charge is 2.26. The Morgan fingerprint density at radius 2 is 1.83 bits per heavy atom. The number of halogens is 1. The predicted molar refractivity (Wildman–Crippen MR) is 86.5 cm³/mol. The zero-order valence-electron chi connectivity index (χ0n) is 13.7. The molecule has 6 nitrogen and oxygen atoms in total. The summed E-state index contributed by atoms with van der Waals surface area (Å²) >= 11 is 0. The van der Waals surface area contributed by atoms with Crippen molar-refractivity contribution in [1.82, 2.24) is 10.6 Å². The highest BCUT2D eigenvalue weighted by atomic mass is 19.1. The van der Waals surface area contributed by atoms with Gasteiger partial charge in [0.2, 0.25) is 11.8 Å². The number of carbonyl (C=O) groups excluding carboxylic acids is 3. The Morgan fingerprint density at radius 3 is 2.33 bits per heavy atom. The lowest BCUT2D eigenvalue weighted by Crippen LogP contribution is -2.52. The number of rotatable bonds is 8. The van der Waals surface area contributed by atoms with Crippen molar-refractivity contribution in [3.05, 3.63) is 48.3 Å². The number of amides is 2. The van der Waals surface area contributed by atoms with Crippen LogP contribution in [-0.4, -0.2) is 37.0 Å². The molecular weight excluding hydrogens is 315 g/mol. The Balaban J connectivity index is 2.86. The van der Waals surface area contributed by atoms with E-state index in [-0.39, 0.29) is 12.8 Å². The number of ether oxygens (including phenoxy) is 1. The monoisotopic (exact) mass is 336 g/mol. The van der Waals surface area contributed by atoms with Gasteiger partial charge >= 0.3 is 5.97 Å². The van der Waals surface area contributed by atoms with Crippen LogP contribution in [0.1, 0.15) is 18.9 Å². The third-order valence-corrected chi connectivity index (χ3v) is 3.25. The summed E-state index contributed by atoms with van der Waals surface area (Å²) in [4.78, 5) is 35.4. The van der Waals surface area contributed by atoms with Crippen LogP contribution in [0.4, 0.5) is 4.39 Å². The summed E-state index contributed by atoms with van der Waals surface area (Å²) in [5.41, 5.74) is 0.670. The number of methoxy groups -OCH3 is 1. The molecule has 0 aromatic heterocycles. The van der Waals surface area contributed by atoms with Gasteiger partial charge < -0.3 is 15.4 Å². The second-order valence-electron chi connectivity index (χ2n) is 5.19. The summed E-state index contributed by atoms with van der Waals surface area (Å²) in [7, 11) is 1.22. The van der Waals surface area contributed by atoms with Crippen LogP contribution < -0.4 is 10.6 Å². The Morgan fingerprint density at radius 1 is 1.21 bits per heavy atom. The smallest absolute Gasteiger partial charge is 0.328 e. The van der Waals surface area contributed by atoms with Gasteiger partial charge in [-0.05, 0) is 24.1 Å². The highest BCUT2D eigenvalue weighted by molar-refractivity contribution is 5.90. The van der Waals surface area contributed by atoms with Gasteiger partial charge in [0.25, 0.3) is 0 Å². The SMILES string of the molecule is C=CC[C@@H](NC(=O)[C@@H](Cc1ccc(F)cc1)NC(C)=O)C(=O)OC. The third kappa shape index (κ3) is 6.20. The van der Waals surface area contributed by atoms with Crippen molar-refractivity contribution >= 4 is 17.8 Å². The molecule has 0 aliphatic carbocycles. The van der Waals surface area contributed by atoms with Crippen molar-refractivity contribution in [1.29, 1.82) is 0 Å². The number of carbonyl (C=O) groups is 3. The molecule has 0 aliphatic heterocycles. The standard InChI is InChI=1S/C17H21FN2O4/c1-4-5-14(17(23)24-3)20-16(22)15(19-11(2)21)10-12-6-8-13(18)9-7-12/h4,6-9,14-15H,1,5,10H2,2-3H3,(H,19,21)(H,20,22)/t14-,15-/m1/s1. The Kier molecular flexibility index (Phi) is 7.61. The molecule has 0 spiro atoms. The molecular formula is C17H21FN2O4. The fourth-order valence-electron chi connectivity index (χ4n) is 2.11. The largest absolute Gasteiger partial charge is 0.467 e. The van der Waals surface area contributed by atoms with Crippen molar-refractivity contribution < 1.29 is 23.5 Å². The van der Waals surface area contributed by atoms with E-state index in [1.54, 1.807) is 0 Å². The summed E-state index contributed by atoms with van der Waals surface area (Å²) in [6, 6.07) is 3.81. The van der Waals surface area contributed by atoms with Gasteiger partial charge in [0.15, 0.2) is 0 Å². The van der Waals surface area contributed by atoms with Crippen LogP contribution in [0.2, 0.25) is 0 Å². The molecule has 2 atom stereocenters. The zero-order valence-corrected chi connectivity index (χ0v) is 13.7. The minimum absolute atomic E-state index is 0.160. The van der Waals surface area contributed by atoms with E-state index in [1.807, 2.05) is 0 Å². The van der Waals surface area contributed by atoms with Gasteiger partial charge in [-0.3, -0.25) is 9.59 Å².